The Labute approximate surface area is 495 Å². The van der Waals surface area contributed by atoms with E-state index < -0.39 is 15.5 Å². The van der Waals surface area contributed by atoms with E-state index in [1.165, 1.54) is 25.7 Å². The second kappa shape index (κ2) is 34.6. The van der Waals surface area contributed by atoms with E-state index in [4.69, 9.17) is 51.9 Å². The Kier molecular flexibility index (Phi) is 28.2. The fraction of sp³-hybridized carbons (Fsp3) is 0.629. The number of ether oxygens (including phenoxy) is 5. The lowest BCUT2D eigenvalue weighted by Crippen LogP contribution is -2.47. The summed E-state index contributed by atoms with van der Waals surface area (Å²) in [6.45, 7) is 10.8. The largest absolute Gasteiger partial charge is 0.511 e. The van der Waals surface area contributed by atoms with E-state index in [0.29, 0.717) is 116 Å². The van der Waals surface area contributed by atoms with E-state index in [0.717, 1.165) is 86.7 Å². The van der Waals surface area contributed by atoms with Crippen LogP contribution in [0.2, 0.25) is 10.0 Å². The number of hydrogen-bond acceptors (Lipinski definition) is 11. The molecule has 3 aromatic carbocycles. The van der Waals surface area contributed by atoms with E-state index in [-0.39, 0.29) is 61.4 Å². The average molecular weight is 1210 g/mol. The number of aromatic nitrogens is 1. The molecule has 1 aromatic heterocycles. The fourth-order valence-electron chi connectivity index (χ4n) is 10.5. The zero-order valence-electron chi connectivity index (χ0n) is 48.3. The maximum atomic E-state index is 13.4. The third-order valence-electron chi connectivity index (χ3n) is 14.9. The van der Waals surface area contributed by atoms with Crippen LogP contribution >= 0.6 is 23.2 Å². The number of amides is 2. The number of alkyl halides is 3. The summed E-state index contributed by atoms with van der Waals surface area (Å²) in [5, 5.41) is 11.5. The molecular weight excluding hydrogens is 1120 g/mol. The van der Waals surface area contributed by atoms with Crippen LogP contribution in [0.15, 0.2) is 72.8 Å². The van der Waals surface area contributed by atoms with Gasteiger partial charge in [-0.05, 0) is 157 Å². The molecule has 4 aromatic rings. The topological polar surface area (TPSA) is 167 Å². The first-order valence-electron chi connectivity index (χ1n) is 29.7. The maximum absolute atomic E-state index is 13.4. The van der Waals surface area contributed by atoms with Crippen LogP contribution < -0.4 is 20.7 Å². The molecule has 20 heteroatoms. The van der Waals surface area contributed by atoms with Gasteiger partial charge in [-0.15, -0.1) is 0 Å². The van der Waals surface area contributed by atoms with Crippen molar-refractivity contribution >= 4 is 61.6 Å². The van der Waals surface area contributed by atoms with Gasteiger partial charge in [0.25, 0.3) is 0 Å². The van der Waals surface area contributed by atoms with Gasteiger partial charge < -0.3 is 39.6 Å². The highest BCUT2D eigenvalue weighted by molar-refractivity contribution is 7.90. The van der Waals surface area contributed by atoms with Crippen LogP contribution in [-0.2, 0) is 38.6 Å². The number of anilines is 1. The Balaban J connectivity index is 0.862. The number of carbonyl (C=O) groups is 2. The minimum Gasteiger partial charge on any atom is -0.478 e. The number of halogens is 5. The zero-order chi connectivity index (χ0) is 58.8. The van der Waals surface area contributed by atoms with Gasteiger partial charge >= 0.3 is 15.5 Å². The Morgan fingerprint density at radius 3 is 1.87 bits per heavy atom. The van der Waals surface area contributed by atoms with Crippen LogP contribution in [0.4, 0.5) is 18.9 Å². The van der Waals surface area contributed by atoms with Gasteiger partial charge in [0.2, 0.25) is 17.7 Å². The van der Waals surface area contributed by atoms with E-state index in [2.05, 4.69) is 36.7 Å². The number of unbranched alkanes of at least 4 members (excludes halogenated alkanes) is 4. The number of sulfonamides is 1. The zero-order valence-corrected chi connectivity index (χ0v) is 50.6. The lowest BCUT2D eigenvalue weighted by Gasteiger charge is -2.32. The molecule has 2 heterocycles. The number of pyridine rings is 1. The molecule has 0 spiro atoms. The van der Waals surface area contributed by atoms with Gasteiger partial charge in [0.05, 0.1) is 37.0 Å². The standard InChI is InChI=1S/C62H88Cl2F3N5O9S/c1-61(2,3)81-39-12-6-10-18-58(74)68-32-13-36-77-40-31-46-15-7-4-8-16-53(43-46)79-42-41-78-37-14-33-69-57(73)17-9-5-11-38-80-59-45-56(70-52-29-34-72(35-30-52)82(75,76)62(65,66)67)54-44-49(23-28-55(54)71-59)60(47-19-24-50(63)25-20-47)48-21-26-51(64)27-22-48/h19-28,44-46,52-53,60H,4-18,29-43H2,1-3H3,(H,68,74)(H,69,73)(H,70,71)/t46-,53?/m1/s1. The highest BCUT2D eigenvalue weighted by Gasteiger charge is 2.50. The maximum Gasteiger partial charge on any atom is 0.511 e. The van der Waals surface area contributed by atoms with Crippen molar-refractivity contribution in [3.8, 4) is 5.88 Å². The van der Waals surface area contributed by atoms with Crippen molar-refractivity contribution < 1.29 is 54.9 Å². The van der Waals surface area contributed by atoms with E-state index >= 15 is 0 Å². The molecule has 3 N–H and O–H groups in total. The summed E-state index contributed by atoms with van der Waals surface area (Å²) in [5.41, 5.74) is -1.26. The van der Waals surface area contributed by atoms with Crippen molar-refractivity contribution in [3.05, 3.63) is 99.5 Å². The van der Waals surface area contributed by atoms with E-state index in [1.54, 1.807) is 6.07 Å². The molecule has 1 aliphatic carbocycles. The number of rotatable bonds is 34. The molecule has 2 aliphatic rings. The minimum atomic E-state index is -5.44. The molecule has 6 rings (SSSR count). The first-order valence-corrected chi connectivity index (χ1v) is 31.9. The molecule has 2 amide bonds. The first-order chi connectivity index (χ1) is 39.3. The molecule has 2 fully saturated rings. The van der Waals surface area contributed by atoms with Crippen molar-refractivity contribution in [2.24, 2.45) is 5.92 Å². The molecule has 1 saturated carbocycles. The van der Waals surface area contributed by atoms with Crippen LogP contribution in [0.25, 0.3) is 10.9 Å². The van der Waals surface area contributed by atoms with E-state index in [9.17, 15) is 31.2 Å². The van der Waals surface area contributed by atoms with Gasteiger partial charge in [-0.2, -0.15) is 17.5 Å². The molecule has 2 atom stereocenters. The number of carbonyl (C=O) groups excluding carboxylic acids is 2. The van der Waals surface area contributed by atoms with Gasteiger partial charge in [-0.1, -0.05) is 85.6 Å². The Bertz CT molecular complexity index is 2600. The highest BCUT2D eigenvalue weighted by Crippen LogP contribution is 2.38. The van der Waals surface area contributed by atoms with Crippen molar-refractivity contribution in [2.45, 2.75) is 172 Å². The van der Waals surface area contributed by atoms with Gasteiger partial charge in [-0.25, -0.2) is 13.4 Å². The van der Waals surface area contributed by atoms with Gasteiger partial charge in [0.1, 0.15) is 0 Å². The average Bonchev–Trinajstić information content (AvgIpc) is 3.64. The molecule has 1 saturated heterocycles. The van der Waals surface area contributed by atoms with E-state index in [1.807, 2.05) is 66.7 Å². The predicted molar refractivity (Wildman–Crippen MR) is 319 cm³/mol. The Morgan fingerprint density at radius 1 is 0.671 bits per heavy atom. The molecule has 456 valence electrons. The second-order valence-corrected chi connectivity index (χ2v) is 25.5. The minimum absolute atomic E-state index is 0.0141. The summed E-state index contributed by atoms with van der Waals surface area (Å²) in [5.74, 6) is 0.807. The number of fused-ring (bicyclic) bond motifs is 1. The molecular formula is C62H88Cl2F3N5O9S. The molecule has 82 heavy (non-hydrogen) atoms. The van der Waals surface area contributed by atoms with Gasteiger partial charge in [0.15, 0.2) is 0 Å². The normalized spacial score (nSPS) is 16.9. The third kappa shape index (κ3) is 23.6. The van der Waals surface area contributed by atoms with Crippen molar-refractivity contribution in [1.82, 2.24) is 19.9 Å². The summed E-state index contributed by atoms with van der Waals surface area (Å²) in [6.07, 6.45) is 15.9. The predicted octanol–water partition coefficient (Wildman–Crippen LogP) is 13.6. The lowest BCUT2D eigenvalue weighted by atomic mass is 9.84. The van der Waals surface area contributed by atoms with Crippen LogP contribution in [0, 0.1) is 5.92 Å². The monoisotopic (exact) mass is 1210 g/mol. The fourth-order valence-corrected chi connectivity index (χ4v) is 11.7. The number of benzene rings is 3. The third-order valence-corrected chi connectivity index (χ3v) is 17.1. The van der Waals surface area contributed by atoms with Gasteiger partial charge in [-0.3, -0.25) is 9.59 Å². The summed E-state index contributed by atoms with van der Waals surface area (Å²) >= 11 is 12.6. The van der Waals surface area contributed by atoms with Crippen molar-refractivity contribution in [3.63, 3.8) is 0 Å². The van der Waals surface area contributed by atoms with Crippen molar-refractivity contribution in [2.75, 3.05) is 77.7 Å². The summed E-state index contributed by atoms with van der Waals surface area (Å²) in [7, 11) is -5.44. The van der Waals surface area contributed by atoms with Crippen LogP contribution in [0.5, 0.6) is 5.88 Å². The smallest absolute Gasteiger partial charge is 0.478 e. The molecule has 1 unspecified atom stereocenters. The number of nitrogens with one attached hydrogen (secondary N) is 3. The molecule has 14 nitrogen and oxygen atoms in total. The SMILES string of the molecule is CC(C)(C)OCCCCCC(=O)NCCCOCC[C@H]1CCCCCC(OCCOCCCNC(=O)CCCCCOc2cc(NC3CCN(S(=O)(=O)C(F)(F)F)CC3)c3cc(C(c4ccc(Cl)cc4)c4ccc(Cl)cc4)ccc3n2)C1. The molecule has 0 bridgehead atoms. The van der Waals surface area contributed by atoms with Crippen LogP contribution in [-0.4, -0.2) is 125 Å². The summed E-state index contributed by atoms with van der Waals surface area (Å²) in [6, 6.07) is 22.7. The van der Waals surface area contributed by atoms with Crippen LogP contribution in [0.3, 0.4) is 0 Å². The number of nitrogens with zero attached hydrogens (tertiary/aromatic N) is 2. The molecule has 0 radical (unpaired) electrons. The molecule has 1 aliphatic heterocycles. The van der Waals surface area contributed by atoms with Crippen molar-refractivity contribution in [1.29, 1.82) is 0 Å². The second-order valence-electron chi connectivity index (χ2n) is 22.7. The first kappa shape index (κ1) is 66.9. The lowest BCUT2D eigenvalue weighted by molar-refractivity contribution is -0.122. The Hall–Kier alpha value is -4.27. The van der Waals surface area contributed by atoms with Gasteiger partial charge in [0, 0.05) is 105 Å². The Morgan fingerprint density at radius 2 is 1.26 bits per heavy atom. The number of hydrogen-bond donors (Lipinski definition) is 3. The number of piperidine rings is 1. The highest BCUT2D eigenvalue weighted by atomic mass is 35.5. The van der Waals surface area contributed by atoms with Crippen LogP contribution in [0.1, 0.15) is 165 Å². The summed E-state index contributed by atoms with van der Waals surface area (Å²) < 4.78 is 95.1. The summed E-state index contributed by atoms with van der Waals surface area (Å²) in [4.78, 5) is 29.7. The quantitative estimate of drug-likeness (QED) is 0.0301.